The Labute approximate surface area is 162 Å². The van der Waals surface area contributed by atoms with Gasteiger partial charge in [-0.1, -0.05) is 6.92 Å². The number of benzene rings is 1. The van der Waals surface area contributed by atoms with Crippen molar-refractivity contribution < 1.29 is 23.8 Å². The van der Waals surface area contributed by atoms with Crippen molar-refractivity contribution in [2.45, 2.75) is 51.2 Å². The maximum Gasteiger partial charge on any atom is 0.346 e. The van der Waals surface area contributed by atoms with E-state index in [4.69, 9.17) is 4.74 Å². The van der Waals surface area contributed by atoms with Crippen molar-refractivity contribution in [3.63, 3.8) is 0 Å². The number of nitrogens with zero attached hydrogens (tertiary/aromatic N) is 2. The van der Waals surface area contributed by atoms with E-state index in [0.29, 0.717) is 11.5 Å². The molecule has 0 bridgehead atoms. The molecule has 0 saturated heterocycles. The predicted octanol–water partition coefficient (Wildman–Crippen LogP) is 3.13. The number of carboxylic acids is 1. The fourth-order valence-electron chi connectivity index (χ4n) is 2.97. The van der Waals surface area contributed by atoms with Gasteiger partial charge in [-0.05, 0) is 50.5 Å². The Hall–Kier alpha value is -2.90. The molecule has 7 nitrogen and oxygen atoms in total. The monoisotopic (exact) mass is 389 g/mol. The van der Waals surface area contributed by atoms with Crippen molar-refractivity contribution in [2.75, 3.05) is 6.54 Å². The fraction of sp³-hybridized carbons (Fsp3) is 0.450. The molecule has 2 unspecified atom stereocenters. The number of halogens is 1. The highest BCUT2D eigenvalue weighted by atomic mass is 19.1. The highest BCUT2D eigenvalue weighted by Crippen LogP contribution is 2.42. The summed E-state index contributed by atoms with van der Waals surface area (Å²) in [5.41, 5.74) is 1.40. The minimum absolute atomic E-state index is 0.186. The lowest BCUT2D eigenvalue weighted by Crippen LogP contribution is -2.40. The van der Waals surface area contributed by atoms with Crippen LogP contribution >= 0.6 is 0 Å². The van der Waals surface area contributed by atoms with Gasteiger partial charge in [0.25, 0.3) is 5.91 Å². The molecule has 1 aromatic heterocycles. The van der Waals surface area contributed by atoms with Gasteiger partial charge in [-0.2, -0.15) is 5.10 Å². The molecule has 1 aliphatic carbocycles. The van der Waals surface area contributed by atoms with Gasteiger partial charge < -0.3 is 15.2 Å². The standard InChI is InChI=1S/C20H24FN3O4/c1-3-12(2)24-18(13-4-5-13)16(10-23-24)19(25)22-11-17(20(26)27)28-15-8-6-14(21)7-9-15/h6-10,12-13,17H,3-5,11H2,1-2H3,(H,22,25)(H,26,27). The van der Waals surface area contributed by atoms with Gasteiger partial charge in [0.1, 0.15) is 11.6 Å². The Morgan fingerprint density at radius 2 is 2.04 bits per heavy atom. The molecule has 2 atom stereocenters. The minimum Gasteiger partial charge on any atom is -0.478 e. The van der Waals surface area contributed by atoms with E-state index in [1.165, 1.54) is 24.3 Å². The third-order valence-electron chi connectivity index (χ3n) is 4.87. The second kappa shape index (κ2) is 8.41. The molecule has 0 radical (unpaired) electrons. The van der Waals surface area contributed by atoms with Crippen LogP contribution in [0.4, 0.5) is 4.39 Å². The van der Waals surface area contributed by atoms with Gasteiger partial charge in [-0.25, -0.2) is 9.18 Å². The Bertz CT molecular complexity index is 846. The second-order valence-electron chi connectivity index (χ2n) is 7.03. The maximum atomic E-state index is 13.0. The smallest absolute Gasteiger partial charge is 0.346 e. The predicted molar refractivity (Wildman–Crippen MR) is 100.0 cm³/mol. The number of carbonyl (C=O) groups excluding carboxylic acids is 1. The highest BCUT2D eigenvalue weighted by molar-refractivity contribution is 5.95. The molecule has 0 aliphatic heterocycles. The first-order valence-corrected chi connectivity index (χ1v) is 9.41. The van der Waals surface area contributed by atoms with Crippen molar-refractivity contribution in [3.8, 4) is 5.75 Å². The number of ether oxygens (including phenoxy) is 1. The van der Waals surface area contributed by atoms with Crippen LogP contribution in [0.3, 0.4) is 0 Å². The van der Waals surface area contributed by atoms with Crippen molar-refractivity contribution in [1.82, 2.24) is 15.1 Å². The molecule has 2 aromatic rings. The van der Waals surface area contributed by atoms with Crippen molar-refractivity contribution in [3.05, 3.63) is 47.5 Å². The Balaban J connectivity index is 1.69. The van der Waals surface area contributed by atoms with Crippen LogP contribution in [0.1, 0.15) is 61.1 Å². The molecular weight excluding hydrogens is 365 g/mol. The first kappa shape index (κ1) is 19.9. The van der Waals surface area contributed by atoms with Crippen molar-refractivity contribution >= 4 is 11.9 Å². The van der Waals surface area contributed by atoms with Crippen LogP contribution in [-0.4, -0.2) is 39.4 Å². The SMILES string of the molecule is CCC(C)n1ncc(C(=O)NCC(Oc2ccc(F)cc2)C(=O)O)c1C1CC1. The first-order chi connectivity index (χ1) is 13.4. The van der Waals surface area contributed by atoms with E-state index in [1.54, 1.807) is 6.20 Å². The first-order valence-electron chi connectivity index (χ1n) is 9.41. The number of aliphatic carboxylic acids is 1. The molecular formula is C20H24FN3O4. The molecule has 1 aliphatic rings. The number of carbonyl (C=O) groups is 2. The van der Waals surface area contributed by atoms with E-state index >= 15 is 0 Å². The summed E-state index contributed by atoms with van der Waals surface area (Å²) in [6, 6.07) is 5.23. The number of aromatic nitrogens is 2. The third-order valence-corrected chi connectivity index (χ3v) is 4.87. The minimum atomic E-state index is -1.29. The summed E-state index contributed by atoms with van der Waals surface area (Å²) in [5.74, 6) is -1.50. The molecule has 28 heavy (non-hydrogen) atoms. The average molecular weight is 389 g/mol. The van der Waals surface area contributed by atoms with Crippen LogP contribution in [0, 0.1) is 5.82 Å². The van der Waals surface area contributed by atoms with E-state index in [0.717, 1.165) is 25.0 Å². The Morgan fingerprint density at radius 3 is 2.61 bits per heavy atom. The largest absolute Gasteiger partial charge is 0.478 e. The van der Waals surface area contributed by atoms with E-state index in [1.807, 2.05) is 4.68 Å². The molecule has 3 rings (SSSR count). The fourth-order valence-corrected chi connectivity index (χ4v) is 2.97. The van der Waals surface area contributed by atoms with Gasteiger partial charge in [-0.3, -0.25) is 9.48 Å². The van der Waals surface area contributed by atoms with Gasteiger partial charge in [-0.15, -0.1) is 0 Å². The summed E-state index contributed by atoms with van der Waals surface area (Å²) < 4.78 is 20.2. The van der Waals surface area contributed by atoms with Gasteiger partial charge in [0, 0.05) is 12.0 Å². The average Bonchev–Trinajstić information content (AvgIpc) is 3.43. The molecule has 1 fully saturated rings. The lowest BCUT2D eigenvalue weighted by molar-refractivity contribution is -0.144. The van der Waals surface area contributed by atoms with E-state index < -0.39 is 17.9 Å². The molecule has 1 aromatic carbocycles. The number of nitrogens with one attached hydrogen (secondary N) is 1. The van der Waals surface area contributed by atoms with Gasteiger partial charge in [0.05, 0.1) is 24.0 Å². The van der Waals surface area contributed by atoms with Crippen LogP contribution in [0.25, 0.3) is 0 Å². The van der Waals surface area contributed by atoms with Crippen molar-refractivity contribution in [2.24, 2.45) is 0 Å². The highest BCUT2D eigenvalue weighted by Gasteiger charge is 2.33. The molecule has 0 spiro atoms. The summed E-state index contributed by atoms with van der Waals surface area (Å²) in [6.07, 6.45) is 3.20. The van der Waals surface area contributed by atoms with Gasteiger partial charge in [0.15, 0.2) is 0 Å². The van der Waals surface area contributed by atoms with Gasteiger partial charge in [0.2, 0.25) is 6.10 Å². The number of hydrogen-bond donors (Lipinski definition) is 2. The second-order valence-corrected chi connectivity index (χ2v) is 7.03. The van der Waals surface area contributed by atoms with E-state index in [2.05, 4.69) is 24.3 Å². The summed E-state index contributed by atoms with van der Waals surface area (Å²) in [4.78, 5) is 24.2. The van der Waals surface area contributed by atoms with Crippen molar-refractivity contribution in [1.29, 1.82) is 0 Å². The van der Waals surface area contributed by atoms with E-state index in [-0.39, 0.29) is 24.2 Å². The molecule has 2 N–H and O–H groups in total. The zero-order valence-corrected chi connectivity index (χ0v) is 15.9. The summed E-state index contributed by atoms with van der Waals surface area (Å²) in [5, 5.41) is 16.4. The third kappa shape index (κ3) is 4.49. The van der Waals surface area contributed by atoms with Crippen LogP contribution < -0.4 is 10.1 Å². The number of carboxylic acid groups (broad SMARTS) is 1. The van der Waals surface area contributed by atoms with Crippen LogP contribution in [-0.2, 0) is 4.79 Å². The van der Waals surface area contributed by atoms with Crippen LogP contribution in [0.2, 0.25) is 0 Å². The van der Waals surface area contributed by atoms with E-state index in [9.17, 15) is 19.1 Å². The quantitative estimate of drug-likeness (QED) is 0.687. The maximum absolute atomic E-state index is 13.0. The molecule has 150 valence electrons. The molecule has 1 amide bonds. The summed E-state index contributed by atoms with van der Waals surface area (Å²) in [6.45, 7) is 3.90. The topological polar surface area (TPSA) is 93.5 Å². The normalized spacial score (nSPS) is 15.7. The lowest BCUT2D eigenvalue weighted by atomic mass is 10.1. The summed E-state index contributed by atoms with van der Waals surface area (Å²) >= 11 is 0. The van der Waals surface area contributed by atoms with Crippen LogP contribution in [0.15, 0.2) is 30.5 Å². The number of amides is 1. The van der Waals surface area contributed by atoms with Crippen LogP contribution in [0.5, 0.6) is 5.75 Å². The number of rotatable bonds is 9. The Morgan fingerprint density at radius 1 is 1.36 bits per heavy atom. The lowest BCUT2D eigenvalue weighted by Gasteiger charge is -2.17. The zero-order valence-electron chi connectivity index (χ0n) is 15.9. The number of hydrogen-bond acceptors (Lipinski definition) is 4. The molecule has 8 heteroatoms. The Kier molecular flexibility index (Phi) is 5.96. The summed E-state index contributed by atoms with van der Waals surface area (Å²) in [7, 11) is 0. The molecule has 1 saturated carbocycles. The zero-order chi connectivity index (χ0) is 20.3. The molecule has 1 heterocycles. The van der Waals surface area contributed by atoms with Gasteiger partial charge >= 0.3 is 5.97 Å².